The summed E-state index contributed by atoms with van der Waals surface area (Å²) in [4.78, 5) is 7.14. The smallest absolute Gasteiger partial charge is 0.141 e. The normalized spacial score (nSPS) is 6.67. The Bertz CT molecular complexity index is 12.8. The fourth-order valence-corrected chi connectivity index (χ4v) is 0. The van der Waals surface area contributed by atoms with E-state index in [1.165, 1.54) is 6.94 Å². The SMILES string of the molecule is CC[CH2][K].O[SiH3]. The number of rotatable bonds is 1. The molecule has 1 N–H and O–H groups in total. The average Bonchev–Trinajstić information content (AvgIpc) is 1.72. The quantitative estimate of drug-likeness (QED) is 0.463. The first-order valence-electron chi connectivity index (χ1n) is 2.36. The van der Waals surface area contributed by atoms with E-state index >= 15 is 0 Å². The summed E-state index contributed by atoms with van der Waals surface area (Å²) in [6, 6.07) is 0. The maximum absolute atomic E-state index is 7.14. The summed E-state index contributed by atoms with van der Waals surface area (Å²) in [7, 11) is 0.306. The molecule has 0 aromatic heterocycles. The van der Waals surface area contributed by atoms with E-state index in [-0.39, 0.29) is 0 Å². The molecular weight excluding hydrogens is 119 g/mol. The van der Waals surface area contributed by atoms with Gasteiger partial charge in [0.05, 0.1) is 0 Å². The molecule has 0 amide bonds. The van der Waals surface area contributed by atoms with Crippen LogP contribution in [-0.4, -0.2) is 64.2 Å². The van der Waals surface area contributed by atoms with Gasteiger partial charge in [0.15, 0.2) is 0 Å². The molecule has 1 nitrogen and oxygen atoms in total. The van der Waals surface area contributed by atoms with Crippen LogP contribution in [0.15, 0.2) is 0 Å². The van der Waals surface area contributed by atoms with E-state index in [4.69, 9.17) is 4.80 Å². The Hall–Kier alpha value is 1.81. The van der Waals surface area contributed by atoms with Crippen LogP contribution in [0.25, 0.3) is 0 Å². The van der Waals surface area contributed by atoms with Crippen LogP contribution in [0.2, 0.25) is 0.515 Å². The zero-order chi connectivity index (χ0) is 5.41. The monoisotopic (exact) mass is 130 g/mol. The standard InChI is InChI=1S/C3H7.K.H4OSi/c1-3-2;;1-2/h1,3H2,2H3;;1H,2H3. The summed E-state index contributed by atoms with van der Waals surface area (Å²) in [6.07, 6.45) is 1.40. The van der Waals surface area contributed by atoms with Crippen LogP contribution in [0.1, 0.15) is 13.3 Å². The van der Waals surface area contributed by atoms with Crippen LogP contribution in [-0.2, 0) is 0 Å². The molecule has 0 atom stereocenters. The van der Waals surface area contributed by atoms with Crippen molar-refractivity contribution in [3.8, 4) is 0 Å². The molecule has 0 spiro atoms. The molecule has 0 aliphatic heterocycles. The first kappa shape index (κ1) is 10.7. The Kier molecular flexibility index (Phi) is 28.3. The first-order valence-corrected chi connectivity index (χ1v) is 5.46. The van der Waals surface area contributed by atoms with Crippen LogP contribution in [0.3, 0.4) is 0 Å². The molecule has 0 aromatic carbocycles. The van der Waals surface area contributed by atoms with Crippen molar-refractivity contribution in [2.75, 3.05) is 0 Å². The van der Waals surface area contributed by atoms with E-state index < -0.39 is 0 Å². The second-order valence-electron chi connectivity index (χ2n) is 1.000. The maximum Gasteiger partial charge on any atom is 0.141 e. The van der Waals surface area contributed by atoms with Crippen LogP contribution in [0, 0.1) is 0 Å². The molecular formula is C3H11KOSi. The summed E-state index contributed by atoms with van der Waals surface area (Å²) in [5.74, 6) is 0. The second kappa shape index (κ2) is 15.8. The van der Waals surface area contributed by atoms with Crippen LogP contribution in [0.4, 0.5) is 0 Å². The zero-order valence-electron chi connectivity index (χ0n) is 4.86. The third kappa shape index (κ3) is 17.0. The Balaban J connectivity index is 0. The molecule has 34 valence electrons. The van der Waals surface area contributed by atoms with Gasteiger partial charge in [-0.25, -0.2) is 0 Å². The van der Waals surface area contributed by atoms with Gasteiger partial charge in [0.2, 0.25) is 0 Å². The molecule has 0 aromatic rings. The van der Waals surface area contributed by atoms with E-state index in [9.17, 15) is 0 Å². The van der Waals surface area contributed by atoms with E-state index in [1.807, 2.05) is 0 Å². The minimum atomic E-state index is 0.306. The fourth-order valence-electron chi connectivity index (χ4n) is 0. The predicted molar refractivity (Wildman–Crippen MR) is 33.0 cm³/mol. The van der Waals surface area contributed by atoms with Gasteiger partial charge in [-0.15, -0.1) is 0 Å². The summed E-state index contributed by atoms with van der Waals surface area (Å²) < 4.78 is 1.51. The van der Waals surface area contributed by atoms with Gasteiger partial charge in [-0.2, -0.15) is 0 Å². The molecule has 0 bridgehead atoms. The van der Waals surface area contributed by atoms with Crippen molar-refractivity contribution < 1.29 is 4.80 Å². The maximum atomic E-state index is 7.14. The van der Waals surface area contributed by atoms with Crippen LogP contribution in [0.5, 0.6) is 0 Å². The third-order valence-electron chi connectivity index (χ3n) is 0.500. The van der Waals surface area contributed by atoms with Gasteiger partial charge in [-0.05, 0) is 0 Å². The molecule has 0 aliphatic rings. The van der Waals surface area contributed by atoms with E-state index in [0.717, 1.165) is 49.0 Å². The minimum Gasteiger partial charge on any atom is -0.442 e. The van der Waals surface area contributed by atoms with Gasteiger partial charge in [0.25, 0.3) is 0 Å². The molecule has 0 rings (SSSR count). The van der Waals surface area contributed by atoms with E-state index in [2.05, 4.69) is 6.92 Å². The predicted octanol–water partition coefficient (Wildman–Crippen LogP) is -0.758. The van der Waals surface area contributed by atoms with Crippen LogP contribution >= 0.6 is 0 Å². The van der Waals surface area contributed by atoms with Crippen molar-refractivity contribution in [1.29, 1.82) is 0 Å². The molecule has 0 radical (unpaired) electrons. The number of hydrogen-bond donors (Lipinski definition) is 1. The van der Waals surface area contributed by atoms with Gasteiger partial charge in [-0.3, -0.25) is 0 Å². The molecule has 0 fully saturated rings. The van der Waals surface area contributed by atoms with Gasteiger partial charge >= 0.3 is 62.8 Å². The van der Waals surface area contributed by atoms with Gasteiger partial charge < -0.3 is 4.80 Å². The van der Waals surface area contributed by atoms with Crippen molar-refractivity contribution in [3.63, 3.8) is 0 Å². The molecule has 3 heteroatoms. The van der Waals surface area contributed by atoms with Gasteiger partial charge in [-0.1, -0.05) is 0 Å². The molecule has 0 heterocycles. The summed E-state index contributed by atoms with van der Waals surface area (Å²) in [5.41, 5.74) is 0. The van der Waals surface area contributed by atoms with Crippen molar-refractivity contribution in [2.45, 2.75) is 13.9 Å². The van der Waals surface area contributed by atoms with E-state index in [1.54, 1.807) is 0 Å². The Morgan fingerprint density at radius 1 is 1.67 bits per heavy atom. The van der Waals surface area contributed by atoms with Crippen molar-refractivity contribution in [1.82, 2.24) is 0 Å². The first-order chi connectivity index (χ1) is 2.91. The molecule has 0 saturated carbocycles. The second-order valence-corrected chi connectivity index (χ2v) is 2.56. The Morgan fingerprint density at radius 2 is 1.83 bits per heavy atom. The fraction of sp³-hybridized carbons (Fsp3) is 1.00. The summed E-state index contributed by atoms with van der Waals surface area (Å²) in [6.45, 7) is 2.23. The van der Waals surface area contributed by atoms with Crippen molar-refractivity contribution in [3.05, 3.63) is 0 Å². The molecule has 0 aliphatic carbocycles. The third-order valence-corrected chi connectivity index (χ3v) is 2.06. The van der Waals surface area contributed by atoms with Gasteiger partial charge in [0.1, 0.15) is 10.5 Å². The summed E-state index contributed by atoms with van der Waals surface area (Å²) in [5, 5.41) is 0. The van der Waals surface area contributed by atoms with E-state index in [0.29, 0.717) is 10.5 Å². The zero-order valence-corrected chi connectivity index (χ0v) is 9.98. The minimum absolute atomic E-state index is 0.306. The van der Waals surface area contributed by atoms with Crippen molar-refractivity contribution >= 4 is 59.4 Å². The van der Waals surface area contributed by atoms with Crippen molar-refractivity contribution in [2.24, 2.45) is 0 Å². The summed E-state index contributed by atoms with van der Waals surface area (Å²) >= 11 is 1.11. The largest absolute Gasteiger partial charge is 0.442 e. The number of hydrogen-bond acceptors (Lipinski definition) is 1. The average molecular weight is 130 g/mol. The van der Waals surface area contributed by atoms with Crippen LogP contribution < -0.4 is 0 Å². The molecule has 0 unspecified atom stereocenters. The molecule has 0 saturated heterocycles. The Labute approximate surface area is 76.6 Å². The van der Waals surface area contributed by atoms with Gasteiger partial charge in [0, 0.05) is 0 Å². The topological polar surface area (TPSA) is 20.2 Å². The Morgan fingerprint density at radius 3 is 1.83 bits per heavy atom. The molecule has 6 heavy (non-hydrogen) atoms.